The Morgan fingerprint density at radius 2 is 2.17 bits per heavy atom. The Morgan fingerprint density at radius 3 is 2.87 bits per heavy atom. The van der Waals surface area contributed by atoms with Gasteiger partial charge in [-0.2, -0.15) is 4.98 Å². The second-order valence-corrected chi connectivity index (χ2v) is 6.22. The number of aromatic nitrogens is 2. The van der Waals surface area contributed by atoms with E-state index in [1.807, 2.05) is 6.92 Å². The Kier molecular flexibility index (Phi) is 4.24. The van der Waals surface area contributed by atoms with Crippen LogP contribution < -0.4 is 4.90 Å². The van der Waals surface area contributed by atoms with E-state index in [-0.39, 0.29) is 5.97 Å². The van der Waals surface area contributed by atoms with Crippen molar-refractivity contribution in [1.82, 2.24) is 9.97 Å². The zero-order valence-electron chi connectivity index (χ0n) is 14.2. The van der Waals surface area contributed by atoms with Crippen LogP contribution in [0.1, 0.15) is 48.6 Å². The van der Waals surface area contributed by atoms with E-state index in [0.29, 0.717) is 40.8 Å². The molecule has 1 fully saturated rings. The maximum atomic E-state index is 12.4. The maximum absolute atomic E-state index is 12.4. The van der Waals surface area contributed by atoms with Gasteiger partial charge in [-0.15, -0.1) is 0 Å². The van der Waals surface area contributed by atoms with Crippen molar-refractivity contribution in [3.63, 3.8) is 0 Å². The third-order valence-corrected chi connectivity index (χ3v) is 4.26. The predicted octanol–water partition coefficient (Wildman–Crippen LogP) is 3.25. The van der Waals surface area contributed by atoms with Crippen LogP contribution in [0.5, 0.6) is 0 Å². The highest BCUT2D eigenvalue weighted by Gasteiger charge is 2.28. The van der Waals surface area contributed by atoms with Crippen molar-refractivity contribution in [2.75, 3.05) is 24.6 Å². The fourth-order valence-electron chi connectivity index (χ4n) is 3.26. The molecule has 0 radical (unpaired) electrons. The van der Waals surface area contributed by atoms with Crippen LogP contribution in [0.3, 0.4) is 0 Å². The van der Waals surface area contributed by atoms with E-state index >= 15 is 0 Å². The number of esters is 1. The summed E-state index contributed by atoms with van der Waals surface area (Å²) in [4.78, 5) is 23.6. The van der Waals surface area contributed by atoms with Gasteiger partial charge in [-0.1, -0.05) is 6.92 Å². The average molecular weight is 317 g/mol. The molecule has 2 aromatic heterocycles. The Bertz CT molecular complexity index is 738. The van der Waals surface area contributed by atoms with Gasteiger partial charge >= 0.3 is 5.97 Å². The SMILES string of the molecule is CCOC(=O)c1c(C)oc2nc(C)nc(N3CCC[C@H](C)C3)c12. The normalized spacial score (nSPS) is 18.4. The van der Waals surface area contributed by atoms with Gasteiger partial charge in [0.2, 0.25) is 5.71 Å². The molecule has 1 aliphatic heterocycles. The fraction of sp³-hybridized carbons (Fsp3) is 0.588. The van der Waals surface area contributed by atoms with E-state index in [2.05, 4.69) is 21.8 Å². The van der Waals surface area contributed by atoms with Crippen LogP contribution in [0.15, 0.2) is 4.42 Å². The molecule has 0 bridgehead atoms. The third kappa shape index (κ3) is 2.90. The van der Waals surface area contributed by atoms with Gasteiger partial charge < -0.3 is 14.1 Å². The molecule has 6 nitrogen and oxygen atoms in total. The van der Waals surface area contributed by atoms with Crippen LogP contribution in [0.25, 0.3) is 11.1 Å². The first-order chi connectivity index (χ1) is 11.0. The lowest BCUT2D eigenvalue weighted by atomic mass is 10.00. The molecule has 1 aliphatic rings. The fourth-order valence-corrected chi connectivity index (χ4v) is 3.26. The molecule has 3 rings (SSSR count). The molecule has 1 saturated heterocycles. The van der Waals surface area contributed by atoms with E-state index in [1.54, 1.807) is 13.8 Å². The Balaban J connectivity index is 2.17. The highest BCUT2D eigenvalue weighted by atomic mass is 16.5. The molecule has 0 spiro atoms. The van der Waals surface area contributed by atoms with E-state index in [1.165, 1.54) is 6.42 Å². The molecule has 6 heteroatoms. The number of anilines is 1. The lowest BCUT2D eigenvalue weighted by Crippen LogP contribution is -2.35. The summed E-state index contributed by atoms with van der Waals surface area (Å²) in [6, 6.07) is 0. The Labute approximate surface area is 135 Å². The van der Waals surface area contributed by atoms with Crippen molar-refractivity contribution in [1.29, 1.82) is 0 Å². The number of piperidine rings is 1. The molecule has 3 heterocycles. The number of carbonyl (C=O) groups excluding carboxylic acids is 1. The number of rotatable bonds is 3. The molecule has 124 valence electrons. The number of carbonyl (C=O) groups is 1. The minimum absolute atomic E-state index is 0.327. The molecule has 0 saturated carbocycles. The summed E-state index contributed by atoms with van der Waals surface area (Å²) in [5.41, 5.74) is 0.918. The third-order valence-electron chi connectivity index (χ3n) is 4.26. The first-order valence-electron chi connectivity index (χ1n) is 8.21. The van der Waals surface area contributed by atoms with Crippen molar-refractivity contribution < 1.29 is 13.9 Å². The summed E-state index contributed by atoms with van der Waals surface area (Å²) in [5.74, 6) is 2.20. The van der Waals surface area contributed by atoms with Crippen molar-refractivity contribution in [3.8, 4) is 0 Å². The van der Waals surface area contributed by atoms with Crippen molar-refractivity contribution in [2.45, 2.75) is 40.5 Å². The van der Waals surface area contributed by atoms with Crippen LogP contribution in [0, 0.1) is 19.8 Å². The number of hydrogen-bond acceptors (Lipinski definition) is 6. The summed E-state index contributed by atoms with van der Waals surface area (Å²) >= 11 is 0. The first kappa shape index (κ1) is 15.8. The Morgan fingerprint density at radius 1 is 1.39 bits per heavy atom. The molecule has 0 amide bonds. The van der Waals surface area contributed by atoms with Gasteiger partial charge in [0.25, 0.3) is 0 Å². The van der Waals surface area contributed by atoms with Crippen LogP contribution in [-0.2, 0) is 4.74 Å². The lowest BCUT2D eigenvalue weighted by Gasteiger charge is -2.32. The smallest absolute Gasteiger partial charge is 0.342 e. The molecule has 1 atom stereocenters. The highest BCUT2D eigenvalue weighted by molar-refractivity contribution is 6.08. The molecular weight excluding hydrogens is 294 g/mol. The number of ether oxygens (including phenoxy) is 1. The van der Waals surface area contributed by atoms with Crippen LogP contribution in [0.4, 0.5) is 5.82 Å². The quantitative estimate of drug-likeness (QED) is 0.809. The van der Waals surface area contributed by atoms with Gasteiger partial charge in [-0.05, 0) is 39.5 Å². The number of furan rings is 1. The minimum Gasteiger partial charge on any atom is -0.462 e. The second-order valence-electron chi connectivity index (χ2n) is 6.22. The van der Waals surface area contributed by atoms with Crippen LogP contribution in [-0.4, -0.2) is 35.6 Å². The average Bonchev–Trinajstić information content (AvgIpc) is 2.82. The van der Waals surface area contributed by atoms with Crippen molar-refractivity contribution >= 4 is 22.9 Å². The van der Waals surface area contributed by atoms with E-state index in [0.717, 1.165) is 25.3 Å². The second kappa shape index (κ2) is 6.18. The summed E-state index contributed by atoms with van der Waals surface area (Å²) in [6.45, 7) is 9.84. The van der Waals surface area contributed by atoms with Gasteiger partial charge in [0, 0.05) is 13.1 Å². The van der Waals surface area contributed by atoms with Gasteiger partial charge in [-0.25, -0.2) is 9.78 Å². The summed E-state index contributed by atoms with van der Waals surface area (Å²) in [7, 11) is 0. The highest BCUT2D eigenvalue weighted by Crippen LogP contribution is 2.34. The molecule has 0 aromatic carbocycles. The molecule has 0 N–H and O–H groups in total. The monoisotopic (exact) mass is 317 g/mol. The van der Waals surface area contributed by atoms with E-state index < -0.39 is 0 Å². The zero-order valence-corrected chi connectivity index (χ0v) is 14.2. The molecule has 0 unspecified atom stereocenters. The molecule has 23 heavy (non-hydrogen) atoms. The van der Waals surface area contributed by atoms with Gasteiger partial charge in [-0.3, -0.25) is 0 Å². The van der Waals surface area contributed by atoms with Crippen LogP contribution >= 0.6 is 0 Å². The summed E-state index contributed by atoms with van der Waals surface area (Å²) in [5, 5.41) is 0.681. The molecule has 2 aromatic rings. The standard InChI is InChI=1S/C17H23N3O3/c1-5-22-17(21)13-11(3)23-16-14(13)15(18-12(4)19-16)20-8-6-7-10(2)9-20/h10H,5-9H2,1-4H3/t10-/m0/s1. The molecular formula is C17H23N3O3. The van der Waals surface area contributed by atoms with E-state index in [9.17, 15) is 4.79 Å². The van der Waals surface area contributed by atoms with E-state index in [4.69, 9.17) is 9.15 Å². The number of hydrogen-bond donors (Lipinski definition) is 0. The molecule has 0 aliphatic carbocycles. The topological polar surface area (TPSA) is 68.5 Å². The maximum Gasteiger partial charge on any atom is 0.342 e. The summed E-state index contributed by atoms with van der Waals surface area (Å²) in [6.07, 6.45) is 2.34. The zero-order chi connectivity index (χ0) is 16.6. The van der Waals surface area contributed by atoms with Crippen LogP contribution in [0.2, 0.25) is 0 Å². The van der Waals surface area contributed by atoms with Crippen molar-refractivity contribution in [3.05, 3.63) is 17.1 Å². The summed E-state index contributed by atoms with van der Waals surface area (Å²) < 4.78 is 10.9. The largest absolute Gasteiger partial charge is 0.462 e. The van der Waals surface area contributed by atoms with Crippen molar-refractivity contribution in [2.24, 2.45) is 5.92 Å². The Hall–Kier alpha value is -2.11. The van der Waals surface area contributed by atoms with Gasteiger partial charge in [0.1, 0.15) is 23.0 Å². The number of aryl methyl sites for hydroxylation is 2. The minimum atomic E-state index is -0.373. The van der Waals surface area contributed by atoms with Gasteiger partial charge in [0.05, 0.1) is 12.0 Å². The number of nitrogens with zero attached hydrogens (tertiary/aromatic N) is 3. The van der Waals surface area contributed by atoms with Gasteiger partial charge in [0.15, 0.2) is 0 Å². The lowest BCUT2D eigenvalue weighted by molar-refractivity contribution is 0.0526. The first-order valence-corrected chi connectivity index (χ1v) is 8.21. The number of fused-ring (bicyclic) bond motifs is 1. The predicted molar refractivity (Wildman–Crippen MR) is 87.8 cm³/mol.